The van der Waals surface area contributed by atoms with Crippen LogP contribution >= 0.6 is 15.9 Å². The zero-order valence-electron chi connectivity index (χ0n) is 12.4. The van der Waals surface area contributed by atoms with E-state index in [-0.39, 0.29) is 16.9 Å². The Labute approximate surface area is 131 Å². The van der Waals surface area contributed by atoms with Crippen LogP contribution in [0.25, 0.3) is 0 Å². The molecule has 0 fully saturated rings. The lowest BCUT2D eigenvalue weighted by Gasteiger charge is -2.18. The molecule has 1 rings (SSSR count). The van der Waals surface area contributed by atoms with Crippen molar-refractivity contribution in [2.75, 3.05) is 18.8 Å². The van der Waals surface area contributed by atoms with E-state index < -0.39 is 9.84 Å². The van der Waals surface area contributed by atoms with Crippen LogP contribution in [-0.2, 0) is 9.84 Å². The average Bonchev–Trinajstić information content (AvgIpc) is 2.40. The molecule has 5 heteroatoms. The molecule has 0 bridgehead atoms. The summed E-state index contributed by atoms with van der Waals surface area (Å²) in [4.78, 5) is 0. The Hall–Kier alpha value is -0.390. The van der Waals surface area contributed by atoms with E-state index in [1.54, 1.807) is 13.8 Å². The fourth-order valence-electron chi connectivity index (χ4n) is 1.98. The molecule has 1 aromatic rings. The molecule has 0 amide bonds. The van der Waals surface area contributed by atoms with Gasteiger partial charge in [0.2, 0.25) is 0 Å². The monoisotopic (exact) mass is 361 g/mol. The van der Waals surface area contributed by atoms with Crippen molar-refractivity contribution in [3.8, 4) is 0 Å². The molecule has 0 spiro atoms. The maximum Gasteiger partial charge on any atom is 0.152 e. The summed E-state index contributed by atoms with van der Waals surface area (Å²) in [6, 6.07) is 8.14. The predicted octanol–water partition coefficient (Wildman–Crippen LogP) is 3.36. The van der Waals surface area contributed by atoms with Crippen molar-refractivity contribution in [3.63, 3.8) is 0 Å². The first-order valence-electron chi connectivity index (χ1n) is 7.04. The Balaban J connectivity index is 2.77. The number of rotatable bonds is 8. The zero-order valence-corrected chi connectivity index (χ0v) is 14.8. The van der Waals surface area contributed by atoms with E-state index in [2.05, 4.69) is 40.3 Å². The van der Waals surface area contributed by atoms with Crippen molar-refractivity contribution in [2.24, 2.45) is 0 Å². The molecular weight excluding hydrogens is 338 g/mol. The van der Waals surface area contributed by atoms with E-state index in [0.29, 0.717) is 6.42 Å². The molecule has 0 saturated carbocycles. The predicted molar refractivity (Wildman–Crippen MR) is 89.0 cm³/mol. The van der Waals surface area contributed by atoms with E-state index in [1.807, 2.05) is 12.1 Å². The molecule has 0 aromatic heterocycles. The van der Waals surface area contributed by atoms with Crippen molar-refractivity contribution in [1.29, 1.82) is 0 Å². The van der Waals surface area contributed by atoms with Crippen molar-refractivity contribution in [2.45, 2.75) is 38.4 Å². The van der Waals surface area contributed by atoms with E-state index in [4.69, 9.17) is 0 Å². The van der Waals surface area contributed by atoms with Gasteiger partial charge in [0.1, 0.15) is 0 Å². The standard InChI is InChI=1S/C15H24BrNO2S/c1-4-17-11-14(9-10-20(18,19)12(2)3)13-5-7-15(16)8-6-13/h5-8,12,14,17H,4,9-11H2,1-3H3. The van der Waals surface area contributed by atoms with Crippen LogP contribution in [0.1, 0.15) is 38.7 Å². The normalized spacial score (nSPS) is 13.7. The molecule has 0 saturated heterocycles. The van der Waals surface area contributed by atoms with E-state index in [9.17, 15) is 8.42 Å². The van der Waals surface area contributed by atoms with Gasteiger partial charge in [0.15, 0.2) is 9.84 Å². The lowest BCUT2D eigenvalue weighted by molar-refractivity contribution is 0.559. The first-order valence-corrected chi connectivity index (χ1v) is 9.55. The number of hydrogen-bond donors (Lipinski definition) is 1. The van der Waals surface area contributed by atoms with Gasteiger partial charge in [-0.1, -0.05) is 35.0 Å². The minimum Gasteiger partial charge on any atom is -0.316 e. The van der Waals surface area contributed by atoms with Crippen LogP contribution in [0.2, 0.25) is 0 Å². The highest BCUT2D eigenvalue weighted by molar-refractivity contribution is 9.10. The Morgan fingerprint density at radius 1 is 1.20 bits per heavy atom. The smallest absolute Gasteiger partial charge is 0.152 e. The van der Waals surface area contributed by atoms with Gasteiger partial charge in [-0.15, -0.1) is 0 Å². The Morgan fingerprint density at radius 3 is 2.30 bits per heavy atom. The molecular formula is C15H24BrNO2S. The highest BCUT2D eigenvalue weighted by Crippen LogP contribution is 2.22. The number of hydrogen-bond acceptors (Lipinski definition) is 3. The zero-order chi connectivity index (χ0) is 15.2. The fraction of sp³-hybridized carbons (Fsp3) is 0.600. The van der Waals surface area contributed by atoms with Gasteiger partial charge in [-0.05, 0) is 50.4 Å². The molecule has 0 radical (unpaired) electrons. The molecule has 0 aliphatic rings. The SMILES string of the molecule is CCNCC(CCS(=O)(=O)C(C)C)c1ccc(Br)cc1. The Morgan fingerprint density at radius 2 is 1.80 bits per heavy atom. The van der Waals surface area contributed by atoms with Crippen LogP contribution in [0.5, 0.6) is 0 Å². The summed E-state index contributed by atoms with van der Waals surface area (Å²) in [5, 5.41) is 3.02. The maximum atomic E-state index is 12.0. The molecule has 1 N–H and O–H groups in total. The number of likely N-dealkylation sites (N-methyl/N-ethyl adjacent to an activating group) is 1. The van der Waals surface area contributed by atoms with Gasteiger partial charge in [-0.3, -0.25) is 0 Å². The number of nitrogens with one attached hydrogen (secondary N) is 1. The van der Waals surface area contributed by atoms with Crippen LogP contribution in [0, 0.1) is 0 Å². The second kappa shape index (κ2) is 8.15. The third-order valence-electron chi connectivity index (χ3n) is 3.45. The Kier molecular flexibility index (Phi) is 7.20. The topological polar surface area (TPSA) is 46.2 Å². The van der Waals surface area contributed by atoms with Crippen molar-refractivity contribution >= 4 is 25.8 Å². The summed E-state index contributed by atoms with van der Waals surface area (Å²) in [5.41, 5.74) is 1.19. The third kappa shape index (κ3) is 5.54. The van der Waals surface area contributed by atoms with Crippen LogP contribution in [0.4, 0.5) is 0 Å². The summed E-state index contributed by atoms with van der Waals surface area (Å²) >= 11 is 3.43. The van der Waals surface area contributed by atoms with Gasteiger partial charge in [0.25, 0.3) is 0 Å². The molecule has 114 valence electrons. The minimum absolute atomic E-state index is 0.233. The highest BCUT2D eigenvalue weighted by Gasteiger charge is 2.19. The largest absolute Gasteiger partial charge is 0.316 e. The molecule has 1 atom stereocenters. The van der Waals surface area contributed by atoms with Gasteiger partial charge >= 0.3 is 0 Å². The summed E-state index contributed by atoms with van der Waals surface area (Å²) in [7, 11) is -2.97. The number of benzene rings is 1. The van der Waals surface area contributed by atoms with Gasteiger partial charge < -0.3 is 5.32 Å². The van der Waals surface area contributed by atoms with Crippen molar-refractivity contribution in [1.82, 2.24) is 5.32 Å². The van der Waals surface area contributed by atoms with Crippen molar-refractivity contribution < 1.29 is 8.42 Å². The molecule has 0 aliphatic carbocycles. The van der Waals surface area contributed by atoms with Gasteiger partial charge in [0, 0.05) is 11.0 Å². The maximum absolute atomic E-state index is 12.0. The molecule has 1 unspecified atom stereocenters. The number of sulfone groups is 1. The summed E-state index contributed by atoms with van der Waals surface area (Å²) in [6.45, 7) is 7.25. The highest BCUT2D eigenvalue weighted by atomic mass is 79.9. The van der Waals surface area contributed by atoms with Gasteiger partial charge in [-0.25, -0.2) is 8.42 Å². The van der Waals surface area contributed by atoms with E-state index >= 15 is 0 Å². The summed E-state index contributed by atoms with van der Waals surface area (Å²) < 4.78 is 25.0. The van der Waals surface area contributed by atoms with Crippen molar-refractivity contribution in [3.05, 3.63) is 34.3 Å². The quantitative estimate of drug-likeness (QED) is 0.771. The van der Waals surface area contributed by atoms with Crippen LogP contribution in [0.3, 0.4) is 0 Å². The molecule has 0 aliphatic heterocycles. The lowest BCUT2D eigenvalue weighted by Crippen LogP contribution is -2.25. The third-order valence-corrected chi connectivity index (χ3v) is 6.22. The van der Waals surface area contributed by atoms with E-state index in [1.165, 1.54) is 5.56 Å². The average molecular weight is 362 g/mol. The molecule has 0 heterocycles. The fourth-order valence-corrected chi connectivity index (χ4v) is 3.33. The minimum atomic E-state index is -2.97. The molecule has 20 heavy (non-hydrogen) atoms. The molecule has 1 aromatic carbocycles. The van der Waals surface area contributed by atoms with Gasteiger partial charge in [0.05, 0.1) is 11.0 Å². The summed E-state index contributed by atoms with van der Waals surface area (Å²) in [6.07, 6.45) is 0.662. The first-order chi connectivity index (χ1) is 9.36. The van der Waals surface area contributed by atoms with Crippen LogP contribution < -0.4 is 5.32 Å². The first kappa shape index (κ1) is 17.7. The Bertz CT molecular complexity index is 497. The molecule has 3 nitrogen and oxygen atoms in total. The van der Waals surface area contributed by atoms with E-state index in [0.717, 1.165) is 17.6 Å². The number of halogens is 1. The van der Waals surface area contributed by atoms with Crippen LogP contribution in [-0.4, -0.2) is 32.5 Å². The second-order valence-corrected chi connectivity index (χ2v) is 8.85. The lowest BCUT2D eigenvalue weighted by atomic mass is 9.96. The van der Waals surface area contributed by atoms with Gasteiger partial charge in [-0.2, -0.15) is 0 Å². The van der Waals surface area contributed by atoms with Crippen LogP contribution in [0.15, 0.2) is 28.7 Å². The second-order valence-electron chi connectivity index (χ2n) is 5.26. The summed E-state index contributed by atoms with van der Waals surface area (Å²) in [5.74, 6) is 0.480.